The number of carbonyl (C=O) groups excluding carboxylic acids is 4. The first-order valence-electron chi connectivity index (χ1n) is 15.4. The van der Waals surface area contributed by atoms with Gasteiger partial charge < -0.3 is 44.4 Å². The van der Waals surface area contributed by atoms with Crippen molar-refractivity contribution < 1.29 is 57.8 Å². The Labute approximate surface area is 255 Å². The Morgan fingerprint density at radius 2 is 1.47 bits per heavy atom. The van der Waals surface area contributed by atoms with Crippen LogP contribution in [0.15, 0.2) is 0 Å². The molecule has 4 N–H and O–H groups in total. The molecule has 1 aliphatic heterocycles. The molecule has 1 unspecified atom stereocenters. The minimum Gasteiger partial charge on any atom is -0.463 e. The van der Waals surface area contributed by atoms with Crippen molar-refractivity contribution in [3.63, 3.8) is 0 Å². The van der Waals surface area contributed by atoms with E-state index >= 15 is 0 Å². The van der Waals surface area contributed by atoms with Gasteiger partial charge in [-0.15, -0.1) is 0 Å². The molecular formula is C30H53NO12. The highest BCUT2D eigenvalue weighted by atomic mass is 16.7. The van der Waals surface area contributed by atoms with E-state index in [9.17, 15) is 29.4 Å². The molecule has 1 heterocycles. The summed E-state index contributed by atoms with van der Waals surface area (Å²) in [5.41, 5.74) is 5.50. The van der Waals surface area contributed by atoms with Crippen LogP contribution >= 0.6 is 0 Å². The highest BCUT2D eigenvalue weighted by Gasteiger charge is 2.51. The van der Waals surface area contributed by atoms with Crippen molar-refractivity contribution in [2.45, 2.75) is 135 Å². The molecule has 0 aromatic rings. The number of hydrogen-bond donors (Lipinski definition) is 3. The standard InChI is InChI=1S/C30H53NO12/c1-5-6-7-8-9-10-11-12-13-24(40-18-23(36)17-32)14-15-38-30-25(16-27(31)37)28(41-21(3)34)29(42-22(4)35)26(43-30)19-39-20(2)33/h23-26,28-30,32,36H,5-19H2,1-4H3,(H2,31,37)/t23-,24?,25-,26-,28-,29+,30-/m1/s1. The molecule has 1 rings (SSSR count). The molecule has 0 aromatic heterocycles. The van der Waals surface area contributed by atoms with Crippen molar-refractivity contribution in [2.75, 3.05) is 26.4 Å². The molecule has 13 heteroatoms. The summed E-state index contributed by atoms with van der Waals surface area (Å²) < 4.78 is 34.0. The van der Waals surface area contributed by atoms with Gasteiger partial charge >= 0.3 is 17.9 Å². The number of amides is 1. The molecule has 0 spiro atoms. The third kappa shape index (κ3) is 16.9. The maximum atomic E-state index is 12.0. The van der Waals surface area contributed by atoms with E-state index in [2.05, 4.69) is 6.92 Å². The van der Waals surface area contributed by atoms with Gasteiger partial charge in [0.05, 0.1) is 31.8 Å². The van der Waals surface area contributed by atoms with Gasteiger partial charge in [-0.2, -0.15) is 0 Å². The van der Waals surface area contributed by atoms with Crippen LogP contribution in [-0.2, 0) is 47.6 Å². The Morgan fingerprint density at radius 3 is 2.02 bits per heavy atom. The summed E-state index contributed by atoms with van der Waals surface area (Å²) in [5, 5.41) is 19.0. The van der Waals surface area contributed by atoms with Crippen LogP contribution < -0.4 is 5.73 Å². The summed E-state index contributed by atoms with van der Waals surface area (Å²) in [6.07, 6.45) is 4.18. The SMILES string of the molecule is CCCCCCCCCCC(CCO[C@@H]1O[C@H](COC(C)=O)[C@H](OC(C)=O)[C@H](OC(C)=O)[C@H]1CC(N)=O)OC[C@H](O)CO. The Bertz CT molecular complexity index is 825. The number of aliphatic hydroxyl groups is 2. The Hall–Kier alpha value is -2.32. The zero-order chi connectivity index (χ0) is 32.2. The summed E-state index contributed by atoms with van der Waals surface area (Å²) in [7, 11) is 0. The van der Waals surface area contributed by atoms with Crippen LogP contribution in [0.1, 0.15) is 98.3 Å². The van der Waals surface area contributed by atoms with Crippen molar-refractivity contribution in [3.05, 3.63) is 0 Å². The van der Waals surface area contributed by atoms with Gasteiger partial charge in [0.25, 0.3) is 0 Å². The maximum absolute atomic E-state index is 12.0. The third-order valence-corrected chi connectivity index (χ3v) is 7.10. The topological polar surface area (TPSA) is 190 Å². The van der Waals surface area contributed by atoms with Gasteiger partial charge in [0.2, 0.25) is 5.91 Å². The van der Waals surface area contributed by atoms with Crippen molar-refractivity contribution >= 4 is 23.8 Å². The lowest BCUT2D eigenvalue weighted by molar-refractivity contribution is -0.292. The average Bonchev–Trinajstić information content (AvgIpc) is 2.93. The maximum Gasteiger partial charge on any atom is 0.303 e. The second-order valence-electron chi connectivity index (χ2n) is 11.0. The molecule has 1 amide bonds. The van der Waals surface area contributed by atoms with Crippen LogP contribution in [0.3, 0.4) is 0 Å². The van der Waals surface area contributed by atoms with E-state index in [-0.39, 0.29) is 32.3 Å². The van der Waals surface area contributed by atoms with Gasteiger partial charge in [0.15, 0.2) is 12.4 Å². The van der Waals surface area contributed by atoms with Gasteiger partial charge in [-0.3, -0.25) is 19.2 Å². The summed E-state index contributed by atoms with van der Waals surface area (Å²) in [4.78, 5) is 47.5. The van der Waals surface area contributed by atoms with Crippen molar-refractivity contribution in [1.82, 2.24) is 0 Å². The van der Waals surface area contributed by atoms with E-state index in [1.807, 2.05) is 0 Å². The monoisotopic (exact) mass is 619 g/mol. The number of aliphatic hydroxyl groups excluding tert-OH is 2. The predicted molar refractivity (Wildman–Crippen MR) is 154 cm³/mol. The Morgan fingerprint density at radius 1 is 0.860 bits per heavy atom. The number of hydrogen-bond acceptors (Lipinski definition) is 12. The van der Waals surface area contributed by atoms with E-state index in [0.717, 1.165) is 19.3 Å². The van der Waals surface area contributed by atoms with Gasteiger partial charge in [-0.05, 0) is 12.8 Å². The molecule has 1 saturated heterocycles. The van der Waals surface area contributed by atoms with Crippen molar-refractivity contribution in [2.24, 2.45) is 11.7 Å². The molecule has 43 heavy (non-hydrogen) atoms. The van der Waals surface area contributed by atoms with Crippen LogP contribution in [0, 0.1) is 5.92 Å². The smallest absolute Gasteiger partial charge is 0.303 e. The van der Waals surface area contributed by atoms with Gasteiger partial charge in [-0.1, -0.05) is 58.3 Å². The largest absolute Gasteiger partial charge is 0.463 e. The second kappa shape index (κ2) is 22.2. The van der Waals surface area contributed by atoms with E-state index < -0.39 is 67.0 Å². The van der Waals surface area contributed by atoms with Gasteiger partial charge in [0, 0.05) is 27.2 Å². The zero-order valence-corrected chi connectivity index (χ0v) is 26.2. The lowest BCUT2D eigenvalue weighted by Crippen LogP contribution is -2.59. The second-order valence-corrected chi connectivity index (χ2v) is 11.0. The van der Waals surface area contributed by atoms with Crippen LogP contribution in [0.5, 0.6) is 0 Å². The summed E-state index contributed by atoms with van der Waals surface area (Å²) in [5.74, 6) is -3.63. The first-order chi connectivity index (χ1) is 20.5. The van der Waals surface area contributed by atoms with Crippen LogP contribution in [-0.4, -0.2) is 97.3 Å². The normalized spacial score (nSPS) is 23.3. The zero-order valence-electron chi connectivity index (χ0n) is 26.2. The number of carbonyl (C=O) groups is 4. The molecule has 0 saturated carbocycles. The molecule has 0 aromatic carbocycles. The van der Waals surface area contributed by atoms with Gasteiger partial charge in [0.1, 0.15) is 24.9 Å². The summed E-state index contributed by atoms with van der Waals surface area (Å²) in [6, 6.07) is 0. The van der Waals surface area contributed by atoms with Crippen molar-refractivity contribution in [3.8, 4) is 0 Å². The fourth-order valence-corrected chi connectivity index (χ4v) is 5.01. The average molecular weight is 620 g/mol. The molecule has 0 radical (unpaired) electrons. The molecule has 0 aliphatic carbocycles. The molecule has 1 aliphatic rings. The lowest BCUT2D eigenvalue weighted by atomic mass is 9.87. The highest BCUT2D eigenvalue weighted by Crippen LogP contribution is 2.34. The molecule has 1 fully saturated rings. The summed E-state index contributed by atoms with van der Waals surface area (Å²) >= 11 is 0. The fraction of sp³-hybridized carbons (Fsp3) is 0.867. The Kier molecular flexibility index (Phi) is 20.0. The number of ether oxygens (including phenoxy) is 6. The highest BCUT2D eigenvalue weighted by molar-refractivity contribution is 5.74. The predicted octanol–water partition coefficient (Wildman–Crippen LogP) is 2.31. The first-order valence-corrected chi connectivity index (χ1v) is 15.4. The van der Waals surface area contributed by atoms with Crippen LogP contribution in [0.4, 0.5) is 0 Å². The third-order valence-electron chi connectivity index (χ3n) is 7.10. The van der Waals surface area contributed by atoms with E-state index in [1.54, 1.807) is 0 Å². The van der Waals surface area contributed by atoms with E-state index in [4.69, 9.17) is 34.2 Å². The van der Waals surface area contributed by atoms with Crippen LogP contribution in [0.25, 0.3) is 0 Å². The lowest BCUT2D eigenvalue weighted by Gasteiger charge is -2.44. The van der Waals surface area contributed by atoms with Crippen LogP contribution in [0.2, 0.25) is 0 Å². The molecule has 250 valence electrons. The molecule has 0 bridgehead atoms. The fourth-order valence-electron chi connectivity index (χ4n) is 5.01. The molecule has 13 nitrogen and oxygen atoms in total. The summed E-state index contributed by atoms with van der Waals surface area (Å²) in [6.45, 7) is 5.06. The molecule has 7 atom stereocenters. The van der Waals surface area contributed by atoms with E-state index in [0.29, 0.717) is 12.8 Å². The number of rotatable bonds is 23. The number of primary amides is 1. The molecular weight excluding hydrogens is 566 g/mol. The van der Waals surface area contributed by atoms with Crippen molar-refractivity contribution in [1.29, 1.82) is 0 Å². The minimum absolute atomic E-state index is 0.0362. The number of unbranched alkanes of at least 4 members (excludes halogenated alkanes) is 7. The number of nitrogens with two attached hydrogens (primary N) is 1. The Balaban J connectivity index is 2.97. The minimum atomic E-state index is -1.19. The first kappa shape index (κ1) is 38.7. The van der Waals surface area contributed by atoms with E-state index in [1.165, 1.54) is 52.9 Å². The van der Waals surface area contributed by atoms with Gasteiger partial charge in [-0.25, -0.2) is 0 Å². The quantitative estimate of drug-likeness (QED) is 0.0861. The number of esters is 3.